The quantitative estimate of drug-likeness (QED) is 0.154. The summed E-state index contributed by atoms with van der Waals surface area (Å²) in [6.07, 6.45) is 8.04. The Morgan fingerprint density at radius 3 is 2.60 bits per heavy atom. The van der Waals surface area contributed by atoms with Crippen molar-refractivity contribution in [3.05, 3.63) is 76.4 Å². The zero-order valence-electron chi connectivity index (χ0n) is 32.0. The number of β-amino-alcohol motifs (C(OH)–C–C–N with tert-alkyl or cyclic N) is 1. The molecule has 302 valence electrons. The molecule has 8 rings (SSSR count). The Hall–Kier alpha value is -5.22. The third-order valence-corrected chi connectivity index (χ3v) is 11.7. The molecule has 0 spiro atoms. The van der Waals surface area contributed by atoms with Gasteiger partial charge in [-0.1, -0.05) is 0 Å². The first kappa shape index (κ1) is 38.6. The molecular weight excluding hydrogens is 738 g/mol. The van der Waals surface area contributed by atoms with Crippen LogP contribution in [0.15, 0.2) is 53.7 Å². The summed E-state index contributed by atoms with van der Waals surface area (Å²) in [6, 6.07) is 6.95. The summed E-state index contributed by atoms with van der Waals surface area (Å²) in [5, 5.41) is 24.7. The summed E-state index contributed by atoms with van der Waals surface area (Å²) < 4.78 is 38.3. The third kappa shape index (κ3) is 8.42. The zero-order chi connectivity index (χ0) is 40.0. The van der Waals surface area contributed by atoms with E-state index in [2.05, 4.69) is 25.8 Å². The molecule has 5 atom stereocenters. The molecule has 2 saturated heterocycles. The van der Waals surface area contributed by atoms with E-state index in [1.165, 1.54) is 29.1 Å². The van der Waals surface area contributed by atoms with E-state index in [0.717, 1.165) is 37.6 Å². The number of hydrogen-bond acceptors (Lipinski definition) is 10. The number of alkyl halides is 1. The van der Waals surface area contributed by atoms with Crippen LogP contribution < -0.4 is 26.2 Å². The number of benzene rings is 1. The van der Waals surface area contributed by atoms with Gasteiger partial charge in [0.25, 0.3) is 11.5 Å². The van der Waals surface area contributed by atoms with Gasteiger partial charge in [-0.25, -0.2) is 8.78 Å². The number of halogens is 2. The van der Waals surface area contributed by atoms with Gasteiger partial charge < -0.3 is 29.9 Å². The number of anilines is 2. The van der Waals surface area contributed by atoms with Gasteiger partial charge in [0.15, 0.2) is 0 Å². The lowest BCUT2D eigenvalue weighted by Gasteiger charge is -2.39. The van der Waals surface area contributed by atoms with Crippen molar-refractivity contribution < 1.29 is 33.0 Å². The van der Waals surface area contributed by atoms with Crippen LogP contribution in [0.3, 0.4) is 0 Å². The molecule has 1 unspecified atom stereocenters. The molecule has 4 aliphatic rings. The number of fused-ring (bicyclic) bond motifs is 1. The molecule has 4 N–H and O–H groups in total. The number of likely N-dealkylation sites (tertiary alicyclic amines) is 1. The van der Waals surface area contributed by atoms with E-state index in [1.54, 1.807) is 18.2 Å². The Labute approximate surface area is 328 Å². The van der Waals surface area contributed by atoms with E-state index in [-0.39, 0.29) is 47.8 Å². The van der Waals surface area contributed by atoms with Crippen LogP contribution in [-0.2, 0) is 9.59 Å². The second-order valence-electron chi connectivity index (χ2n) is 16.2. The number of amides is 3. The number of aromatic nitrogens is 4. The normalized spacial score (nSPS) is 26.7. The van der Waals surface area contributed by atoms with Crippen molar-refractivity contribution in [2.24, 2.45) is 5.92 Å². The van der Waals surface area contributed by atoms with Crippen LogP contribution in [0.25, 0.3) is 10.9 Å². The highest BCUT2D eigenvalue weighted by Crippen LogP contribution is 2.38. The number of piperidine rings is 2. The van der Waals surface area contributed by atoms with Crippen LogP contribution in [0.1, 0.15) is 99.3 Å². The minimum Gasteiger partial charge on any atom is -0.490 e. The predicted molar refractivity (Wildman–Crippen MR) is 207 cm³/mol. The van der Waals surface area contributed by atoms with E-state index < -0.39 is 53.5 Å². The smallest absolute Gasteiger partial charge is 0.274 e. The number of imide groups is 1. The Morgan fingerprint density at radius 2 is 1.89 bits per heavy atom. The summed E-state index contributed by atoms with van der Waals surface area (Å²) >= 11 is 0. The highest BCUT2D eigenvalue weighted by molar-refractivity contribution is 6.08. The summed E-state index contributed by atoms with van der Waals surface area (Å²) in [5.41, 5.74) is 1.14. The van der Waals surface area contributed by atoms with Crippen molar-refractivity contribution in [1.82, 2.24) is 29.5 Å². The van der Waals surface area contributed by atoms with E-state index >= 15 is 4.39 Å². The molecule has 57 heavy (non-hydrogen) atoms. The largest absolute Gasteiger partial charge is 0.490 e. The first-order valence-electron chi connectivity index (χ1n) is 19.9. The summed E-state index contributed by atoms with van der Waals surface area (Å²) in [5.74, 6) is -1.47. The van der Waals surface area contributed by atoms with Gasteiger partial charge in [0.2, 0.25) is 11.8 Å². The number of ether oxygens (including phenoxy) is 1. The van der Waals surface area contributed by atoms with E-state index in [1.807, 2.05) is 24.7 Å². The molecule has 3 aromatic heterocycles. The second-order valence-corrected chi connectivity index (χ2v) is 16.2. The molecule has 0 bridgehead atoms. The van der Waals surface area contributed by atoms with Gasteiger partial charge in [0, 0.05) is 61.8 Å². The number of aliphatic hydroxyl groups excluding tert-OH is 1. The molecule has 4 aromatic rings. The number of nitrogens with zero attached hydrogens (tertiary/aromatic N) is 5. The Balaban J connectivity index is 0.865. The maximum absolute atomic E-state index is 15.3. The zero-order valence-corrected chi connectivity index (χ0v) is 32.0. The maximum Gasteiger partial charge on any atom is 0.274 e. The molecular formula is C41H48F2N8O6. The van der Waals surface area contributed by atoms with Gasteiger partial charge >= 0.3 is 0 Å². The summed E-state index contributed by atoms with van der Waals surface area (Å²) in [6.45, 7) is 5.69. The van der Waals surface area contributed by atoms with Gasteiger partial charge in [-0.3, -0.25) is 34.2 Å². The first-order chi connectivity index (χ1) is 27.4. The van der Waals surface area contributed by atoms with Crippen molar-refractivity contribution in [3.8, 4) is 5.75 Å². The van der Waals surface area contributed by atoms with Crippen molar-refractivity contribution in [3.63, 3.8) is 0 Å². The van der Waals surface area contributed by atoms with Crippen LogP contribution in [-0.4, -0.2) is 91.1 Å². The molecule has 14 nitrogen and oxygen atoms in total. The molecule has 1 aromatic carbocycles. The number of carbonyl (C=O) groups is 3. The summed E-state index contributed by atoms with van der Waals surface area (Å²) in [7, 11) is 0. The lowest BCUT2D eigenvalue weighted by atomic mass is 9.84. The standard InChI is InChI=1S/C41H48F2N8O6/c1-22(2)57-36-17-33-24(14-28(36)39(54)46-32-4-3-12-50(41(32)56)34-16-29(34)42)20-51(48-33)26-7-5-23(6-8-26)19-49-13-11-27(35(52)21-49)38-30(43)15-25(18-44-38)45-31-9-10-37(53)47-40(31)55/h3-4,12,14-15,17-18,20,22-23,26-27,29,31,34-35,45,52H,5-11,13,16,19,21H2,1-2H3,(H,46,54)(H,47,53,55)/t23?,26?,27-,29-,31?,34+,35-/m1/s1. The SMILES string of the molecule is CC(C)Oc1cc2nn(C3CCC(CN4CC[C@@H](c5ncc(NC6CCC(=O)NC6=O)cc5F)[C@H](O)C4)CC3)cc2cc1C(=O)Nc1cccn([C@H]2C[C@H]2F)c1=O. The van der Waals surface area contributed by atoms with Gasteiger partial charge in [0.1, 0.15) is 29.5 Å². The second kappa shape index (κ2) is 16.0. The fraction of sp³-hybridized carbons (Fsp3) is 0.512. The van der Waals surface area contributed by atoms with Crippen LogP contribution in [0.2, 0.25) is 0 Å². The average molecular weight is 787 g/mol. The number of pyridine rings is 2. The number of hydrogen-bond donors (Lipinski definition) is 4. The van der Waals surface area contributed by atoms with Gasteiger partial charge in [-0.2, -0.15) is 5.10 Å². The molecule has 5 heterocycles. The van der Waals surface area contributed by atoms with Gasteiger partial charge in [-0.05, 0) is 83.0 Å². The highest BCUT2D eigenvalue weighted by Gasteiger charge is 2.40. The Kier molecular flexibility index (Phi) is 10.8. The molecule has 0 radical (unpaired) electrons. The van der Waals surface area contributed by atoms with E-state index in [9.17, 15) is 28.7 Å². The van der Waals surface area contributed by atoms with Crippen LogP contribution in [0.5, 0.6) is 5.75 Å². The minimum atomic E-state index is -1.06. The topological polar surface area (TPSA) is 173 Å². The molecule has 2 aliphatic heterocycles. The van der Waals surface area contributed by atoms with Gasteiger partial charge in [0.05, 0.1) is 52.9 Å². The van der Waals surface area contributed by atoms with E-state index in [4.69, 9.17) is 9.84 Å². The lowest BCUT2D eigenvalue weighted by Crippen LogP contribution is -2.47. The molecule has 3 amide bonds. The first-order valence-corrected chi connectivity index (χ1v) is 19.9. The van der Waals surface area contributed by atoms with Crippen molar-refractivity contribution in [2.75, 3.05) is 30.3 Å². The molecule has 4 fully saturated rings. The number of nitrogens with one attached hydrogen (secondary N) is 3. The number of carbonyl (C=O) groups excluding carboxylic acids is 3. The Morgan fingerprint density at radius 1 is 1.11 bits per heavy atom. The number of aliphatic hydroxyl groups is 1. The summed E-state index contributed by atoms with van der Waals surface area (Å²) in [4.78, 5) is 56.7. The lowest BCUT2D eigenvalue weighted by molar-refractivity contribution is -0.133. The van der Waals surface area contributed by atoms with Crippen LogP contribution in [0.4, 0.5) is 20.2 Å². The fourth-order valence-electron chi connectivity index (χ4n) is 8.56. The molecule has 16 heteroatoms. The molecule has 2 aliphatic carbocycles. The van der Waals surface area contributed by atoms with Crippen LogP contribution >= 0.6 is 0 Å². The monoisotopic (exact) mass is 786 g/mol. The third-order valence-electron chi connectivity index (χ3n) is 11.7. The van der Waals surface area contributed by atoms with Crippen LogP contribution in [0, 0.1) is 11.7 Å². The average Bonchev–Trinajstić information content (AvgIpc) is 3.75. The van der Waals surface area contributed by atoms with Crippen molar-refractivity contribution in [1.29, 1.82) is 0 Å². The number of rotatable bonds is 11. The predicted octanol–water partition coefficient (Wildman–Crippen LogP) is 4.85. The Bertz CT molecular complexity index is 2240. The van der Waals surface area contributed by atoms with E-state index in [0.29, 0.717) is 48.8 Å². The van der Waals surface area contributed by atoms with Gasteiger partial charge in [-0.15, -0.1) is 0 Å². The maximum atomic E-state index is 15.3. The van der Waals surface area contributed by atoms with Crippen molar-refractivity contribution in [2.45, 2.75) is 108 Å². The highest BCUT2D eigenvalue weighted by atomic mass is 19.1. The molecule has 2 saturated carbocycles. The van der Waals surface area contributed by atoms with Crippen molar-refractivity contribution >= 4 is 40.0 Å². The fourth-order valence-corrected chi connectivity index (χ4v) is 8.56. The minimum absolute atomic E-state index is 0.0716.